The summed E-state index contributed by atoms with van der Waals surface area (Å²) in [5.74, 6) is -0.359. The number of carboxylic acids is 1. The Balaban J connectivity index is 1.26. The van der Waals surface area contributed by atoms with E-state index in [-0.39, 0.29) is 24.7 Å². The molecule has 2 fully saturated rings. The van der Waals surface area contributed by atoms with E-state index in [4.69, 9.17) is 35.3 Å². The maximum atomic E-state index is 14.9. The molecule has 56 heavy (non-hydrogen) atoms. The Labute approximate surface area is 334 Å². The molecule has 2 atom stereocenters. The number of likely N-dealkylation sites (N-methyl/N-ethyl adjacent to an activating group) is 1. The van der Waals surface area contributed by atoms with Crippen molar-refractivity contribution in [3.8, 4) is 38.9 Å². The van der Waals surface area contributed by atoms with Crippen LogP contribution in [0.5, 0.6) is 17.4 Å². The fourth-order valence-corrected chi connectivity index (χ4v) is 8.45. The summed E-state index contributed by atoms with van der Waals surface area (Å²) in [6.45, 7) is 7.89. The van der Waals surface area contributed by atoms with Crippen molar-refractivity contribution >= 4 is 39.1 Å². The third-order valence-corrected chi connectivity index (χ3v) is 11.9. The molecule has 0 radical (unpaired) electrons. The maximum Gasteiger partial charge on any atom is 0.345 e. The zero-order chi connectivity index (χ0) is 39.2. The van der Waals surface area contributed by atoms with Gasteiger partial charge in [0, 0.05) is 68.7 Å². The number of halogens is 2. The Kier molecular flexibility index (Phi) is 13.0. The lowest BCUT2D eigenvalue weighted by Gasteiger charge is -2.32. The number of para-hydroxylation sites is 1. The van der Waals surface area contributed by atoms with Gasteiger partial charge < -0.3 is 33.7 Å². The van der Waals surface area contributed by atoms with Gasteiger partial charge >= 0.3 is 5.97 Å². The van der Waals surface area contributed by atoms with Crippen molar-refractivity contribution in [2.75, 3.05) is 60.1 Å². The fourth-order valence-electron chi connectivity index (χ4n) is 7.08. The molecule has 0 aliphatic carbocycles. The van der Waals surface area contributed by atoms with E-state index in [1.807, 2.05) is 43.3 Å². The largest absolute Gasteiger partial charge is 0.491 e. The van der Waals surface area contributed by atoms with Gasteiger partial charge in [-0.15, -0.1) is 11.3 Å². The first-order chi connectivity index (χ1) is 27.2. The molecule has 296 valence electrons. The number of aromatic nitrogens is 2. The van der Waals surface area contributed by atoms with Gasteiger partial charge in [0.25, 0.3) is 0 Å². The van der Waals surface area contributed by atoms with Crippen LogP contribution in [-0.2, 0) is 27.3 Å². The normalized spacial score (nSPS) is 17.2. The summed E-state index contributed by atoms with van der Waals surface area (Å²) >= 11 is 8.43. The number of piperazine rings is 1. The topological polar surface area (TPSA) is 116 Å². The predicted octanol–water partition coefficient (Wildman–Crippen LogP) is 7.88. The average molecular weight is 805 g/mol. The van der Waals surface area contributed by atoms with Crippen molar-refractivity contribution in [3.63, 3.8) is 0 Å². The highest BCUT2D eigenvalue weighted by Crippen LogP contribution is 2.49. The Morgan fingerprint density at radius 1 is 1.07 bits per heavy atom. The van der Waals surface area contributed by atoms with E-state index < -0.39 is 18.4 Å². The number of hydrogen-bond acceptors (Lipinski definition) is 11. The van der Waals surface area contributed by atoms with Crippen molar-refractivity contribution in [1.29, 1.82) is 0 Å². The Bertz CT molecular complexity index is 2160. The minimum Gasteiger partial charge on any atom is -0.491 e. The number of carboxylic acid groups (broad SMARTS) is 1. The lowest BCUT2D eigenvalue weighted by Crippen LogP contribution is -2.45. The van der Waals surface area contributed by atoms with E-state index in [0.717, 1.165) is 73.6 Å². The van der Waals surface area contributed by atoms with Crippen LogP contribution < -0.4 is 14.2 Å². The average Bonchev–Trinajstić information content (AvgIpc) is 3.59. The zero-order valence-electron chi connectivity index (χ0n) is 31.8. The summed E-state index contributed by atoms with van der Waals surface area (Å²) < 4.78 is 44.8. The number of ether oxygens (including phenoxy) is 5. The number of fused-ring (bicyclic) bond motifs is 1. The zero-order valence-corrected chi connectivity index (χ0v) is 33.3. The molecule has 2 aliphatic heterocycles. The number of carbonyl (C=O) groups is 1. The highest BCUT2D eigenvalue weighted by molar-refractivity contribution is 7.22. The third kappa shape index (κ3) is 9.09. The second-order valence-corrected chi connectivity index (χ2v) is 15.5. The molecular weight excluding hydrogens is 759 g/mol. The molecule has 14 heteroatoms. The minimum atomic E-state index is -1.33. The van der Waals surface area contributed by atoms with Crippen LogP contribution in [0.4, 0.5) is 4.39 Å². The van der Waals surface area contributed by atoms with Crippen molar-refractivity contribution in [2.24, 2.45) is 0 Å². The second-order valence-electron chi connectivity index (χ2n) is 14.1. The smallest absolute Gasteiger partial charge is 0.345 e. The van der Waals surface area contributed by atoms with Crippen LogP contribution in [0.2, 0.25) is 5.02 Å². The molecule has 0 spiro atoms. The summed E-state index contributed by atoms with van der Waals surface area (Å²) in [4.78, 5) is 28.0. The van der Waals surface area contributed by atoms with Crippen LogP contribution in [0.15, 0.2) is 60.9 Å². The molecule has 4 heterocycles. The number of aliphatic carboxylic acids is 1. The van der Waals surface area contributed by atoms with Crippen LogP contribution in [0.25, 0.3) is 31.8 Å². The van der Waals surface area contributed by atoms with Gasteiger partial charge in [0.1, 0.15) is 35.1 Å². The molecule has 1 unspecified atom stereocenters. The van der Waals surface area contributed by atoms with Gasteiger partial charge in [0.15, 0.2) is 6.29 Å². The Morgan fingerprint density at radius 2 is 1.89 bits per heavy atom. The van der Waals surface area contributed by atoms with Crippen LogP contribution in [0.3, 0.4) is 0 Å². The first-order valence-corrected chi connectivity index (χ1v) is 20.0. The Morgan fingerprint density at radius 3 is 2.66 bits per heavy atom. The molecule has 2 aliphatic rings. The van der Waals surface area contributed by atoms with Crippen molar-refractivity contribution < 1.29 is 38.0 Å². The first kappa shape index (κ1) is 39.8. The molecule has 11 nitrogen and oxygen atoms in total. The van der Waals surface area contributed by atoms with Gasteiger partial charge in [-0.3, -0.25) is 4.90 Å². The van der Waals surface area contributed by atoms with Crippen molar-refractivity contribution in [3.05, 3.63) is 88.5 Å². The van der Waals surface area contributed by atoms with Gasteiger partial charge in [0.2, 0.25) is 12.0 Å². The third-order valence-electron chi connectivity index (χ3n) is 10.2. The van der Waals surface area contributed by atoms with E-state index in [1.165, 1.54) is 30.8 Å². The monoisotopic (exact) mass is 804 g/mol. The predicted molar refractivity (Wildman–Crippen MR) is 215 cm³/mol. The van der Waals surface area contributed by atoms with E-state index >= 15 is 0 Å². The first-order valence-electron chi connectivity index (χ1n) is 18.8. The second kappa shape index (κ2) is 18.3. The number of rotatable bonds is 15. The molecule has 2 saturated heterocycles. The molecule has 0 saturated carbocycles. The SMILES string of the molecule is COCc1cc(-c2sc3ncnc(O[C@H](Cc4ccccc4OC4CCCCO4)C(=O)O)c3c2-c2ccc(OCCN3CCN(C)CC3)c(Cl)c2C)ccc1F. The van der Waals surface area contributed by atoms with E-state index in [2.05, 4.69) is 26.8 Å². The summed E-state index contributed by atoms with van der Waals surface area (Å²) in [6, 6.07) is 16.0. The number of nitrogens with zero attached hydrogens (tertiary/aromatic N) is 4. The van der Waals surface area contributed by atoms with Gasteiger partial charge in [0.05, 0.1) is 23.6 Å². The lowest BCUT2D eigenvalue weighted by molar-refractivity contribution is -0.145. The van der Waals surface area contributed by atoms with E-state index in [0.29, 0.717) is 56.6 Å². The van der Waals surface area contributed by atoms with Crippen LogP contribution in [0, 0.1) is 12.7 Å². The molecule has 2 aromatic heterocycles. The summed E-state index contributed by atoms with van der Waals surface area (Å²) in [5.41, 5.74) is 3.94. The van der Waals surface area contributed by atoms with Crippen LogP contribution >= 0.6 is 22.9 Å². The standard InChI is InChI=1S/C42H46ClFN4O7S/c1-26-30(12-14-33(38(26)43)52-21-19-48-17-15-47(2)16-18-48)36-37-40(45-25-46-41(37)56-39(36)28-11-13-31(44)29(22-28)24-51-3)55-34(42(49)50)23-27-8-4-5-9-32(27)54-35-10-6-7-20-53-35/h4-5,8-9,11-14,22,25,34-35H,6-7,10,15-21,23-24H2,1-3H3,(H,49,50)/t34-,35?/m1/s1. The summed E-state index contributed by atoms with van der Waals surface area (Å²) in [6.07, 6.45) is 2.35. The van der Waals surface area contributed by atoms with Crippen LogP contribution in [0.1, 0.15) is 36.0 Å². The number of thiophene rings is 1. The Hall–Kier alpha value is -4.37. The molecular formula is C42H46ClFN4O7S. The summed E-state index contributed by atoms with van der Waals surface area (Å²) in [7, 11) is 3.65. The van der Waals surface area contributed by atoms with Crippen LogP contribution in [-0.4, -0.2) is 103 Å². The van der Waals surface area contributed by atoms with Gasteiger partial charge in [-0.2, -0.15) is 0 Å². The highest BCUT2D eigenvalue weighted by atomic mass is 35.5. The molecule has 1 N–H and O–H groups in total. The molecule has 3 aromatic carbocycles. The van der Waals surface area contributed by atoms with E-state index in [1.54, 1.807) is 12.1 Å². The maximum absolute atomic E-state index is 14.9. The molecule has 5 aromatic rings. The highest BCUT2D eigenvalue weighted by Gasteiger charge is 2.29. The van der Waals surface area contributed by atoms with Gasteiger partial charge in [-0.05, 0) is 73.3 Å². The van der Waals surface area contributed by atoms with Crippen molar-refractivity contribution in [1.82, 2.24) is 19.8 Å². The number of methoxy groups -OCH3 is 1. The molecule has 0 amide bonds. The van der Waals surface area contributed by atoms with Gasteiger partial charge in [-0.1, -0.05) is 41.9 Å². The fraction of sp³-hybridized carbons (Fsp3) is 0.405. The molecule has 0 bridgehead atoms. The quantitative estimate of drug-likeness (QED) is 0.112. The molecule has 7 rings (SSSR count). The lowest BCUT2D eigenvalue weighted by atomic mass is 9.95. The minimum absolute atomic E-state index is 0.000584. The van der Waals surface area contributed by atoms with Gasteiger partial charge in [-0.25, -0.2) is 19.2 Å². The summed E-state index contributed by atoms with van der Waals surface area (Å²) in [5, 5.41) is 11.5. The van der Waals surface area contributed by atoms with Crippen molar-refractivity contribution in [2.45, 2.75) is 51.6 Å². The number of hydrogen-bond donors (Lipinski definition) is 1. The number of benzene rings is 3. The van der Waals surface area contributed by atoms with E-state index in [9.17, 15) is 14.3 Å².